The van der Waals surface area contributed by atoms with Crippen molar-refractivity contribution in [2.24, 2.45) is 0 Å². The monoisotopic (exact) mass is 200 g/mol. The molecule has 0 aliphatic carbocycles. The van der Waals surface area contributed by atoms with Crippen LogP contribution >= 0.6 is 0 Å². The molecule has 0 aliphatic rings. The predicted octanol–water partition coefficient (Wildman–Crippen LogP) is 4.53. The summed E-state index contributed by atoms with van der Waals surface area (Å²) in [5.74, 6) is 0. The highest BCUT2D eigenvalue weighted by atomic mass is 13.9. The lowest BCUT2D eigenvalue weighted by Gasteiger charge is -1.96. The Bertz CT molecular complexity index is 293. The van der Waals surface area contributed by atoms with Gasteiger partial charge in [0.05, 0.1) is 0 Å². The summed E-state index contributed by atoms with van der Waals surface area (Å²) in [5.41, 5.74) is 1.43. The van der Waals surface area contributed by atoms with Gasteiger partial charge in [-0.2, -0.15) is 0 Å². The van der Waals surface area contributed by atoms with Crippen LogP contribution in [0.25, 0.3) is 0 Å². The van der Waals surface area contributed by atoms with E-state index in [4.69, 9.17) is 0 Å². The molecule has 0 bridgehead atoms. The summed E-state index contributed by atoms with van der Waals surface area (Å²) in [6, 6.07) is 10.6. The molecule has 0 unspecified atom stereocenters. The van der Waals surface area contributed by atoms with E-state index < -0.39 is 0 Å². The first-order valence-corrected chi connectivity index (χ1v) is 5.73. The fraction of sp³-hybridized carbons (Fsp3) is 0.333. The highest BCUT2D eigenvalue weighted by Crippen LogP contribution is 2.03. The number of hydrogen-bond donors (Lipinski definition) is 0. The van der Waals surface area contributed by atoms with E-state index in [1.165, 1.54) is 18.4 Å². The molecule has 0 N–H and O–H groups in total. The van der Waals surface area contributed by atoms with E-state index in [2.05, 4.69) is 61.6 Å². The normalized spacial score (nSPS) is 11.5. The third-order valence-electron chi connectivity index (χ3n) is 2.34. The summed E-state index contributed by atoms with van der Waals surface area (Å²) in [7, 11) is 0. The molecular weight excluding hydrogens is 180 g/mol. The second-order valence-corrected chi connectivity index (χ2v) is 3.64. The molecule has 0 amide bonds. The van der Waals surface area contributed by atoms with E-state index >= 15 is 0 Å². The summed E-state index contributed by atoms with van der Waals surface area (Å²) >= 11 is 0. The Labute approximate surface area is 93.3 Å². The Kier molecular flexibility index (Phi) is 6.31. The smallest absolute Gasteiger partial charge is 0.0244 e. The van der Waals surface area contributed by atoms with E-state index in [1.54, 1.807) is 0 Å². The van der Waals surface area contributed by atoms with E-state index in [0.29, 0.717) is 0 Å². The van der Waals surface area contributed by atoms with Gasteiger partial charge in [-0.25, -0.2) is 0 Å². The molecule has 1 aromatic carbocycles. The Morgan fingerprint density at radius 1 is 0.867 bits per heavy atom. The fourth-order valence-electron chi connectivity index (χ4n) is 1.49. The van der Waals surface area contributed by atoms with Crippen molar-refractivity contribution in [1.29, 1.82) is 0 Å². The first-order valence-electron chi connectivity index (χ1n) is 5.73. The van der Waals surface area contributed by atoms with Crippen molar-refractivity contribution in [2.45, 2.75) is 32.6 Å². The summed E-state index contributed by atoms with van der Waals surface area (Å²) in [5, 5.41) is 0. The van der Waals surface area contributed by atoms with Crippen molar-refractivity contribution in [3.8, 4) is 0 Å². The van der Waals surface area contributed by atoms with Gasteiger partial charge in [0.2, 0.25) is 0 Å². The van der Waals surface area contributed by atoms with Crippen LogP contribution in [0.5, 0.6) is 0 Å². The zero-order chi connectivity index (χ0) is 10.8. The van der Waals surface area contributed by atoms with Crippen LogP contribution in [-0.4, -0.2) is 0 Å². The van der Waals surface area contributed by atoms with E-state index in [-0.39, 0.29) is 0 Å². The summed E-state index contributed by atoms with van der Waals surface area (Å²) < 4.78 is 0. The predicted molar refractivity (Wildman–Crippen MR) is 68.0 cm³/mol. The van der Waals surface area contributed by atoms with Gasteiger partial charge in [0.15, 0.2) is 0 Å². The van der Waals surface area contributed by atoms with Gasteiger partial charge < -0.3 is 0 Å². The molecule has 0 saturated heterocycles. The van der Waals surface area contributed by atoms with Gasteiger partial charge in [-0.05, 0) is 38.2 Å². The highest BCUT2D eigenvalue weighted by Gasteiger charge is 1.87. The van der Waals surface area contributed by atoms with E-state index in [0.717, 1.165) is 12.8 Å². The van der Waals surface area contributed by atoms with Crippen molar-refractivity contribution in [3.05, 3.63) is 60.2 Å². The van der Waals surface area contributed by atoms with Crippen LogP contribution < -0.4 is 0 Å². The minimum absolute atomic E-state index is 1.15. The number of allylic oxidation sites excluding steroid dienone is 4. The average Bonchev–Trinajstić information content (AvgIpc) is 2.29. The van der Waals surface area contributed by atoms with Crippen LogP contribution in [0.4, 0.5) is 0 Å². The molecular formula is C15H20. The van der Waals surface area contributed by atoms with Crippen molar-refractivity contribution in [2.75, 3.05) is 0 Å². The number of unbranched alkanes of at least 4 members (excludes halogenated alkanes) is 1. The lowest BCUT2D eigenvalue weighted by atomic mass is 10.1. The maximum Gasteiger partial charge on any atom is -0.0244 e. The second-order valence-electron chi connectivity index (χ2n) is 3.64. The van der Waals surface area contributed by atoms with Crippen molar-refractivity contribution >= 4 is 0 Å². The van der Waals surface area contributed by atoms with E-state index in [9.17, 15) is 0 Å². The van der Waals surface area contributed by atoms with Gasteiger partial charge >= 0.3 is 0 Å². The molecule has 15 heavy (non-hydrogen) atoms. The largest absolute Gasteiger partial charge is 0.0917 e. The minimum Gasteiger partial charge on any atom is -0.0917 e. The van der Waals surface area contributed by atoms with Gasteiger partial charge in [0.25, 0.3) is 0 Å². The third-order valence-corrected chi connectivity index (χ3v) is 2.34. The molecule has 0 aliphatic heterocycles. The molecule has 0 spiro atoms. The van der Waals surface area contributed by atoms with Crippen molar-refractivity contribution in [1.82, 2.24) is 0 Å². The SMILES string of the molecule is C/C=C/CC/C=C/CCc1ccccc1. The fourth-order valence-corrected chi connectivity index (χ4v) is 1.49. The Balaban J connectivity index is 2.11. The van der Waals surface area contributed by atoms with Gasteiger partial charge in [0, 0.05) is 0 Å². The van der Waals surface area contributed by atoms with Crippen molar-refractivity contribution in [3.63, 3.8) is 0 Å². The first kappa shape index (κ1) is 11.8. The standard InChI is InChI=1S/C15H20/c1-2-3-4-5-6-7-9-12-15-13-10-8-11-14-15/h2-3,6-8,10-11,13-14H,4-5,9,12H2,1H3/b3-2+,7-6+. The maximum atomic E-state index is 2.29. The van der Waals surface area contributed by atoms with Crippen LogP contribution in [-0.2, 0) is 6.42 Å². The molecule has 0 nitrogen and oxygen atoms in total. The molecule has 1 aromatic rings. The molecule has 0 atom stereocenters. The number of hydrogen-bond acceptors (Lipinski definition) is 0. The lowest BCUT2D eigenvalue weighted by Crippen LogP contribution is -1.81. The molecule has 0 heterocycles. The Hall–Kier alpha value is -1.30. The van der Waals surface area contributed by atoms with Crippen LogP contribution in [0.3, 0.4) is 0 Å². The molecule has 80 valence electrons. The zero-order valence-corrected chi connectivity index (χ0v) is 9.52. The zero-order valence-electron chi connectivity index (χ0n) is 9.52. The molecule has 0 heteroatoms. The topological polar surface area (TPSA) is 0 Å². The number of rotatable bonds is 6. The first-order chi connectivity index (χ1) is 7.43. The Morgan fingerprint density at radius 3 is 2.27 bits per heavy atom. The van der Waals surface area contributed by atoms with Gasteiger partial charge in [-0.3, -0.25) is 0 Å². The molecule has 0 fully saturated rings. The summed E-state index contributed by atoms with van der Waals surface area (Å²) in [6.45, 7) is 2.07. The summed E-state index contributed by atoms with van der Waals surface area (Å²) in [4.78, 5) is 0. The van der Waals surface area contributed by atoms with E-state index in [1.807, 2.05) is 0 Å². The van der Waals surface area contributed by atoms with Gasteiger partial charge in [0.1, 0.15) is 0 Å². The van der Waals surface area contributed by atoms with Crippen LogP contribution in [0, 0.1) is 0 Å². The highest BCUT2D eigenvalue weighted by molar-refractivity contribution is 5.15. The summed E-state index contributed by atoms with van der Waals surface area (Å²) in [6.07, 6.45) is 13.5. The Morgan fingerprint density at radius 2 is 1.53 bits per heavy atom. The molecule has 0 saturated carbocycles. The lowest BCUT2D eigenvalue weighted by molar-refractivity contribution is 0.976. The number of aryl methyl sites for hydroxylation is 1. The average molecular weight is 200 g/mol. The minimum atomic E-state index is 1.15. The number of benzene rings is 1. The molecule has 0 radical (unpaired) electrons. The van der Waals surface area contributed by atoms with Gasteiger partial charge in [-0.1, -0.05) is 54.6 Å². The molecule has 1 rings (SSSR count). The van der Waals surface area contributed by atoms with Crippen molar-refractivity contribution < 1.29 is 0 Å². The van der Waals surface area contributed by atoms with Crippen LogP contribution in [0.15, 0.2) is 54.6 Å². The second kappa shape index (κ2) is 8.05. The van der Waals surface area contributed by atoms with Gasteiger partial charge in [-0.15, -0.1) is 0 Å². The van der Waals surface area contributed by atoms with Crippen LogP contribution in [0.2, 0.25) is 0 Å². The molecule has 0 aromatic heterocycles. The third kappa shape index (κ3) is 5.90. The maximum absolute atomic E-state index is 2.29. The van der Waals surface area contributed by atoms with Crippen LogP contribution in [0.1, 0.15) is 31.7 Å². The quantitative estimate of drug-likeness (QED) is 0.467.